The van der Waals surface area contributed by atoms with E-state index in [1.807, 2.05) is 45.2 Å². The smallest absolute Gasteiger partial charge is 0.278 e. The lowest BCUT2D eigenvalue weighted by atomic mass is 10.2. The molecule has 0 aliphatic carbocycles. The van der Waals surface area contributed by atoms with E-state index in [4.69, 9.17) is 9.72 Å². The molecule has 1 aromatic carbocycles. The largest absolute Gasteiger partial charge is 0.495 e. The Morgan fingerprint density at radius 2 is 1.85 bits per heavy atom. The van der Waals surface area contributed by atoms with E-state index in [1.165, 1.54) is 0 Å². The van der Waals surface area contributed by atoms with Crippen molar-refractivity contribution in [2.24, 2.45) is 0 Å². The van der Waals surface area contributed by atoms with Crippen molar-refractivity contribution in [3.63, 3.8) is 0 Å². The third-order valence-electron chi connectivity index (χ3n) is 6.93. The zero-order chi connectivity index (χ0) is 22.9. The van der Waals surface area contributed by atoms with Crippen molar-refractivity contribution in [3.8, 4) is 5.75 Å². The number of para-hydroxylation sites is 2. The van der Waals surface area contributed by atoms with Crippen molar-refractivity contribution in [3.05, 3.63) is 52.2 Å². The van der Waals surface area contributed by atoms with Crippen LogP contribution < -0.4 is 15.2 Å². The van der Waals surface area contributed by atoms with Gasteiger partial charge in [0.1, 0.15) is 23.6 Å². The fourth-order valence-electron chi connectivity index (χ4n) is 5.09. The topological polar surface area (TPSA) is 72.6 Å². The molecule has 2 aromatic heterocycles. The molecule has 8 nitrogen and oxygen atoms in total. The van der Waals surface area contributed by atoms with Gasteiger partial charge in [0.2, 0.25) is 5.91 Å². The van der Waals surface area contributed by atoms with Crippen LogP contribution in [0.2, 0.25) is 0 Å². The Balaban J connectivity index is 1.34. The predicted molar refractivity (Wildman–Crippen MR) is 128 cm³/mol. The molecule has 0 atom stereocenters. The summed E-state index contributed by atoms with van der Waals surface area (Å²) in [6.45, 7) is 5.60. The Morgan fingerprint density at radius 1 is 1.06 bits per heavy atom. The van der Waals surface area contributed by atoms with Crippen LogP contribution in [0, 0.1) is 6.92 Å². The first kappa shape index (κ1) is 21.6. The first-order chi connectivity index (χ1) is 16.1. The van der Waals surface area contributed by atoms with E-state index in [9.17, 15) is 9.59 Å². The number of benzene rings is 1. The number of carbonyl (C=O) groups excluding carboxylic acids is 1. The van der Waals surface area contributed by atoms with Gasteiger partial charge in [-0.2, -0.15) is 0 Å². The SMILES string of the molecule is COc1ccccc1N1CCN(C(=O)Cn2c(C)cc3nc4n(c(=O)c32)CCCCC4)CC1. The summed E-state index contributed by atoms with van der Waals surface area (Å²) < 4.78 is 9.17. The molecule has 2 aliphatic heterocycles. The van der Waals surface area contributed by atoms with Gasteiger partial charge in [-0.05, 0) is 38.0 Å². The summed E-state index contributed by atoms with van der Waals surface area (Å²) in [5, 5.41) is 0. The number of aryl methyl sites for hydroxylation is 2. The summed E-state index contributed by atoms with van der Waals surface area (Å²) in [6.07, 6.45) is 4.02. The Morgan fingerprint density at radius 3 is 2.64 bits per heavy atom. The van der Waals surface area contributed by atoms with Gasteiger partial charge < -0.3 is 19.1 Å². The van der Waals surface area contributed by atoms with Crippen LogP contribution in [0.5, 0.6) is 5.75 Å². The summed E-state index contributed by atoms with van der Waals surface area (Å²) in [7, 11) is 1.68. The predicted octanol–water partition coefficient (Wildman–Crippen LogP) is 2.59. The van der Waals surface area contributed by atoms with Gasteiger partial charge in [-0.25, -0.2) is 4.98 Å². The lowest BCUT2D eigenvalue weighted by Gasteiger charge is -2.36. The van der Waals surface area contributed by atoms with Crippen LogP contribution in [-0.2, 0) is 24.3 Å². The fraction of sp³-hybridized carbons (Fsp3) is 0.480. The molecular formula is C25H31N5O3. The highest BCUT2D eigenvalue weighted by Crippen LogP contribution is 2.28. The van der Waals surface area contributed by atoms with Gasteiger partial charge in [0, 0.05) is 44.8 Å². The number of rotatable bonds is 4. The number of carbonyl (C=O) groups is 1. The summed E-state index contributed by atoms with van der Waals surface area (Å²) in [4.78, 5) is 35.5. The zero-order valence-corrected chi connectivity index (χ0v) is 19.4. The molecule has 3 aromatic rings. The monoisotopic (exact) mass is 449 g/mol. The van der Waals surface area contributed by atoms with Crippen LogP contribution in [0.15, 0.2) is 35.1 Å². The van der Waals surface area contributed by atoms with Crippen LogP contribution in [0.4, 0.5) is 5.69 Å². The summed E-state index contributed by atoms with van der Waals surface area (Å²) in [5.41, 5.74) is 3.20. The molecule has 5 rings (SSSR count). The van der Waals surface area contributed by atoms with E-state index in [0.29, 0.717) is 30.7 Å². The Bertz CT molecular complexity index is 1240. The molecule has 1 saturated heterocycles. The van der Waals surface area contributed by atoms with Crippen molar-refractivity contribution in [1.29, 1.82) is 0 Å². The minimum Gasteiger partial charge on any atom is -0.495 e. The first-order valence-electron chi connectivity index (χ1n) is 11.8. The molecular weight excluding hydrogens is 418 g/mol. The molecule has 4 heterocycles. The Labute approximate surface area is 193 Å². The molecule has 33 heavy (non-hydrogen) atoms. The second-order valence-electron chi connectivity index (χ2n) is 8.94. The number of hydrogen-bond donors (Lipinski definition) is 0. The lowest BCUT2D eigenvalue weighted by Crippen LogP contribution is -2.49. The molecule has 8 heteroatoms. The first-order valence-corrected chi connectivity index (χ1v) is 11.8. The number of fused-ring (bicyclic) bond motifs is 2. The van der Waals surface area contributed by atoms with Crippen LogP contribution >= 0.6 is 0 Å². The van der Waals surface area contributed by atoms with Gasteiger partial charge in [-0.15, -0.1) is 0 Å². The van der Waals surface area contributed by atoms with Gasteiger partial charge in [-0.1, -0.05) is 18.6 Å². The minimum atomic E-state index is -0.0150. The van der Waals surface area contributed by atoms with E-state index in [2.05, 4.69) is 11.0 Å². The normalized spacial score (nSPS) is 16.5. The molecule has 0 saturated carbocycles. The van der Waals surface area contributed by atoms with E-state index in [1.54, 1.807) is 7.11 Å². The van der Waals surface area contributed by atoms with Crippen LogP contribution in [0.25, 0.3) is 11.0 Å². The fourth-order valence-corrected chi connectivity index (χ4v) is 5.09. The number of nitrogens with zero attached hydrogens (tertiary/aromatic N) is 5. The molecule has 0 bridgehead atoms. The molecule has 1 amide bonds. The standard InChI is InChI=1S/C25H31N5O3/c1-18-16-19-24(25(32)29-11-7-3-4-10-22(29)26-19)30(18)17-23(31)28-14-12-27(13-15-28)20-8-5-6-9-21(20)33-2/h5-6,8-9,16H,3-4,7,10-15,17H2,1-2H3. The molecule has 174 valence electrons. The molecule has 1 fully saturated rings. The van der Waals surface area contributed by atoms with Gasteiger partial charge in [-0.3, -0.25) is 14.2 Å². The summed E-state index contributed by atoms with van der Waals surface area (Å²) >= 11 is 0. The zero-order valence-electron chi connectivity index (χ0n) is 19.4. The maximum Gasteiger partial charge on any atom is 0.278 e. The van der Waals surface area contributed by atoms with Gasteiger partial charge in [0.15, 0.2) is 0 Å². The second-order valence-corrected chi connectivity index (χ2v) is 8.94. The minimum absolute atomic E-state index is 0.0150. The maximum absolute atomic E-state index is 13.3. The number of anilines is 1. The number of aromatic nitrogens is 3. The summed E-state index contributed by atoms with van der Waals surface area (Å²) in [6, 6.07) is 9.91. The third kappa shape index (κ3) is 3.98. The molecule has 0 radical (unpaired) electrons. The molecule has 2 aliphatic rings. The number of methoxy groups -OCH3 is 1. The van der Waals surface area contributed by atoms with Crippen molar-refractivity contribution >= 4 is 22.6 Å². The van der Waals surface area contributed by atoms with Gasteiger partial charge in [0.25, 0.3) is 5.56 Å². The van der Waals surface area contributed by atoms with E-state index in [0.717, 1.165) is 61.7 Å². The Kier molecular flexibility index (Phi) is 5.83. The highest BCUT2D eigenvalue weighted by atomic mass is 16.5. The van der Waals surface area contributed by atoms with Crippen LogP contribution in [0.3, 0.4) is 0 Å². The average Bonchev–Trinajstić information content (AvgIpc) is 2.99. The summed E-state index contributed by atoms with van der Waals surface area (Å²) in [5.74, 6) is 1.76. The second kappa shape index (κ2) is 8.92. The van der Waals surface area contributed by atoms with Crippen LogP contribution in [-0.4, -0.2) is 58.2 Å². The number of hydrogen-bond acceptors (Lipinski definition) is 5. The highest BCUT2D eigenvalue weighted by Gasteiger charge is 2.25. The number of piperazine rings is 1. The van der Waals surface area contributed by atoms with Gasteiger partial charge >= 0.3 is 0 Å². The highest BCUT2D eigenvalue weighted by molar-refractivity contribution is 5.82. The van der Waals surface area contributed by atoms with Crippen molar-refractivity contribution in [2.45, 2.75) is 45.7 Å². The third-order valence-corrected chi connectivity index (χ3v) is 6.93. The van der Waals surface area contributed by atoms with Crippen molar-refractivity contribution in [1.82, 2.24) is 19.0 Å². The number of amides is 1. The molecule has 0 spiro atoms. The lowest BCUT2D eigenvalue weighted by molar-refractivity contribution is -0.132. The van der Waals surface area contributed by atoms with Gasteiger partial charge in [0.05, 0.1) is 18.3 Å². The van der Waals surface area contributed by atoms with Crippen molar-refractivity contribution < 1.29 is 9.53 Å². The maximum atomic E-state index is 13.3. The van der Waals surface area contributed by atoms with Crippen LogP contribution in [0.1, 0.15) is 30.8 Å². The quantitative estimate of drug-likeness (QED) is 0.612. The van der Waals surface area contributed by atoms with Crippen molar-refractivity contribution in [2.75, 3.05) is 38.2 Å². The Hall–Kier alpha value is -3.29. The molecule has 0 N–H and O–H groups in total. The van der Waals surface area contributed by atoms with E-state index in [-0.39, 0.29) is 18.0 Å². The van der Waals surface area contributed by atoms with E-state index >= 15 is 0 Å². The molecule has 0 unspecified atom stereocenters. The van der Waals surface area contributed by atoms with E-state index < -0.39 is 0 Å². The average molecular weight is 450 g/mol. The number of ether oxygens (including phenoxy) is 1.